The molecule has 0 radical (unpaired) electrons. The van der Waals surface area contributed by atoms with Gasteiger partial charge in [-0.15, -0.1) is 5.92 Å². The van der Waals surface area contributed by atoms with Gasteiger partial charge in [-0.05, 0) is 27.2 Å². The fourth-order valence-corrected chi connectivity index (χ4v) is 2.68. The van der Waals surface area contributed by atoms with E-state index in [-0.39, 0.29) is 5.66 Å². The number of unbranched alkanes of at least 4 members (excludes halogenated alkanes) is 2. The number of hydrogen-bond donors (Lipinski definition) is 0. The lowest BCUT2D eigenvalue weighted by Gasteiger charge is -2.19. The molecule has 16 heavy (non-hydrogen) atoms. The fraction of sp³-hybridized carbons (Fsp3) is 0.833. The predicted octanol–water partition coefficient (Wildman–Crippen LogP) is 3.83. The molecule has 0 unspecified atom stereocenters. The van der Waals surface area contributed by atoms with Crippen molar-refractivity contribution in [1.29, 1.82) is 0 Å². The van der Waals surface area contributed by atoms with Gasteiger partial charge in [-0.2, -0.15) is 0 Å². The lowest BCUT2D eigenvalue weighted by molar-refractivity contribution is 0.217. The summed E-state index contributed by atoms with van der Waals surface area (Å²) in [5, 5.41) is 0. The molecule has 1 atom stereocenters. The lowest BCUT2D eigenvalue weighted by Crippen LogP contribution is -2.07. The molecule has 0 aliphatic carbocycles. The van der Waals surface area contributed by atoms with Crippen LogP contribution in [0.25, 0.3) is 0 Å². The van der Waals surface area contributed by atoms with Crippen molar-refractivity contribution < 1.29 is 13.6 Å². The van der Waals surface area contributed by atoms with Crippen LogP contribution in [0.4, 0.5) is 0 Å². The van der Waals surface area contributed by atoms with Gasteiger partial charge in [0.2, 0.25) is 0 Å². The van der Waals surface area contributed by atoms with Crippen LogP contribution in [0.5, 0.6) is 0 Å². The summed E-state index contributed by atoms with van der Waals surface area (Å²) in [7, 11) is -3.03. The Bertz CT molecular complexity index is 268. The first-order valence-corrected chi connectivity index (χ1v) is 7.59. The van der Waals surface area contributed by atoms with Gasteiger partial charge in [0.25, 0.3) is 0 Å². The van der Waals surface area contributed by atoms with Crippen molar-refractivity contribution in [3.8, 4) is 11.8 Å². The van der Waals surface area contributed by atoms with E-state index in [0.29, 0.717) is 13.2 Å². The van der Waals surface area contributed by atoms with E-state index in [2.05, 4.69) is 18.8 Å². The van der Waals surface area contributed by atoms with Gasteiger partial charge in [0, 0.05) is 6.42 Å². The average molecular weight is 246 g/mol. The topological polar surface area (TPSA) is 35.5 Å². The van der Waals surface area contributed by atoms with Gasteiger partial charge >= 0.3 is 7.60 Å². The third-order valence-corrected chi connectivity index (χ3v) is 4.37. The van der Waals surface area contributed by atoms with Crippen LogP contribution in [0.15, 0.2) is 0 Å². The van der Waals surface area contributed by atoms with Gasteiger partial charge in [0.15, 0.2) is 0 Å². The molecule has 0 aromatic heterocycles. The van der Waals surface area contributed by atoms with Gasteiger partial charge in [-0.3, -0.25) is 4.57 Å². The highest BCUT2D eigenvalue weighted by Crippen LogP contribution is 2.52. The van der Waals surface area contributed by atoms with Gasteiger partial charge in [0.1, 0.15) is 5.66 Å². The minimum atomic E-state index is -3.03. The molecule has 0 saturated carbocycles. The van der Waals surface area contributed by atoms with Crippen LogP contribution in [0.2, 0.25) is 0 Å². The summed E-state index contributed by atoms with van der Waals surface area (Å²) in [6.07, 6.45) is 3.05. The molecular formula is C12H23O3P. The number of hydrogen-bond acceptors (Lipinski definition) is 3. The van der Waals surface area contributed by atoms with Gasteiger partial charge in [-0.1, -0.05) is 19.3 Å². The van der Waals surface area contributed by atoms with Crippen molar-refractivity contribution in [3.05, 3.63) is 0 Å². The monoisotopic (exact) mass is 246 g/mol. The molecule has 3 nitrogen and oxygen atoms in total. The Balaban J connectivity index is 4.41. The second-order valence-corrected chi connectivity index (χ2v) is 5.85. The first kappa shape index (κ1) is 15.7. The first-order chi connectivity index (χ1) is 7.60. The summed E-state index contributed by atoms with van der Waals surface area (Å²) >= 11 is 0. The molecule has 0 aliphatic rings. The Kier molecular flexibility index (Phi) is 8.66. The predicted molar refractivity (Wildman–Crippen MR) is 67.6 cm³/mol. The Morgan fingerprint density at radius 2 is 1.75 bits per heavy atom. The molecule has 0 aromatic rings. The SMILES string of the molecule is CCCCC#C[C@H](C)P(=O)(OCC)OCC. The molecule has 0 spiro atoms. The van der Waals surface area contributed by atoms with Crippen LogP contribution in [0.1, 0.15) is 47.0 Å². The molecular weight excluding hydrogens is 223 g/mol. The zero-order valence-electron chi connectivity index (χ0n) is 10.8. The molecule has 0 amide bonds. The molecule has 0 rings (SSSR count). The van der Waals surface area contributed by atoms with E-state index in [1.54, 1.807) is 6.92 Å². The molecule has 0 N–H and O–H groups in total. The fourth-order valence-electron chi connectivity index (χ4n) is 1.18. The minimum Gasteiger partial charge on any atom is -0.308 e. The van der Waals surface area contributed by atoms with Crippen LogP contribution in [-0.2, 0) is 13.6 Å². The van der Waals surface area contributed by atoms with Crippen LogP contribution < -0.4 is 0 Å². The molecule has 4 heteroatoms. The Labute approximate surface area is 99.4 Å². The molecule has 0 fully saturated rings. The van der Waals surface area contributed by atoms with E-state index in [1.165, 1.54) is 0 Å². The highest BCUT2D eigenvalue weighted by Gasteiger charge is 2.30. The van der Waals surface area contributed by atoms with Crippen molar-refractivity contribution in [3.63, 3.8) is 0 Å². The van der Waals surface area contributed by atoms with Gasteiger partial charge in [0.05, 0.1) is 13.2 Å². The quantitative estimate of drug-likeness (QED) is 0.389. The van der Waals surface area contributed by atoms with Crippen LogP contribution in [0.3, 0.4) is 0 Å². The van der Waals surface area contributed by atoms with Crippen LogP contribution >= 0.6 is 7.60 Å². The van der Waals surface area contributed by atoms with E-state index in [1.807, 2.05) is 13.8 Å². The third kappa shape index (κ3) is 5.70. The summed E-state index contributed by atoms with van der Waals surface area (Å²) in [5.74, 6) is 5.99. The summed E-state index contributed by atoms with van der Waals surface area (Å²) in [4.78, 5) is 0. The maximum atomic E-state index is 12.2. The summed E-state index contributed by atoms with van der Waals surface area (Å²) in [5.41, 5.74) is -0.343. The van der Waals surface area contributed by atoms with E-state index >= 15 is 0 Å². The lowest BCUT2D eigenvalue weighted by atomic mass is 10.2. The van der Waals surface area contributed by atoms with Crippen molar-refractivity contribution in [1.82, 2.24) is 0 Å². The van der Waals surface area contributed by atoms with E-state index < -0.39 is 7.60 Å². The highest BCUT2D eigenvalue weighted by atomic mass is 31.2. The summed E-state index contributed by atoms with van der Waals surface area (Å²) in [6, 6.07) is 0. The van der Waals surface area contributed by atoms with Crippen molar-refractivity contribution in [2.24, 2.45) is 0 Å². The van der Waals surface area contributed by atoms with E-state index in [0.717, 1.165) is 19.3 Å². The normalized spacial score (nSPS) is 13.0. The maximum absolute atomic E-state index is 12.2. The molecule has 94 valence electrons. The Hall–Kier alpha value is -0.290. The largest absolute Gasteiger partial charge is 0.345 e. The molecule has 0 bridgehead atoms. The van der Waals surface area contributed by atoms with Gasteiger partial charge in [-0.25, -0.2) is 0 Å². The van der Waals surface area contributed by atoms with Gasteiger partial charge < -0.3 is 9.05 Å². The highest BCUT2D eigenvalue weighted by molar-refractivity contribution is 7.54. The van der Waals surface area contributed by atoms with Crippen molar-refractivity contribution in [2.75, 3.05) is 13.2 Å². The van der Waals surface area contributed by atoms with Crippen LogP contribution in [0, 0.1) is 11.8 Å². The van der Waals surface area contributed by atoms with Crippen LogP contribution in [-0.4, -0.2) is 18.9 Å². The zero-order chi connectivity index (χ0) is 12.4. The molecule has 0 saturated heterocycles. The molecule has 0 aromatic carbocycles. The standard InChI is InChI=1S/C12H23O3P/c1-5-8-9-10-11-12(4)16(13,14-6-2)15-7-3/h12H,5-9H2,1-4H3/t12-/m0/s1. The average Bonchev–Trinajstić information content (AvgIpc) is 2.24. The van der Waals surface area contributed by atoms with E-state index in [4.69, 9.17) is 9.05 Å². The van der Waals surface area contributed by atoms with Crippen molar-refractivity contribution >= 4 is 7.60 Å². The Morgan fingerprint density at radius 1 is 1.19 bits per heavy atom. The summed E-state index contributed by atoms with van der Waals surface area (Å²) < 4.78 is 22.7. The smallest absolute Gasteiger partial charge is 0.308 e. The first-order valence-electron chi connectivity index (χ1n) is 5.97. The van der Waals surface area contributed by atoms with E-state index in [9.17, 15) is 4.57 Å². The summed E-state index contributed by atoms with van der Waals surface area (Å²) in [6.45, 7) is 8.31. The molecule has 0 heterocycles. The third-order valence-electron chi connectivity index (χ3n) is 2.06. The second kappa shape index (κ2) is 8.82. The molecule has 0 aliphatic heterocycles. The number of rotatable bonds is 7. The maximum Gasteiger partial charge on any atom is 0.345 e. The second-order valence-electron chi connectivity index (χ2n) is 3.48. The zero-order valence-corrected chi connectivity index (χ0v) is 11.7. The minimum absolute atomic E-state index is 0.343. The van der Waals surface area contributed by atoms with Crippen molar-refractivity contribution in [2.45, 2.75) is 52.6 Å². The Morgan fingerprint density at radius 3 is 2.19 bits per heavy atom.